The number of allylic oxidation sites excluding steroid dienone is 33. The maximum Gasteiger partial charge on any atom is 0.472 e. The molecule has 0 bridgehead atoms. The summed E-state index contributed by atoms with van der Waals surface area (Å²) in [5, 5.41) is 10.7. The van der Waals surface area contributed by atoms with Crippen LogP contribution in [0, 0.1) is 0 Å². The maximum absolute atomic E-state index is 13.1. The number of aliphatic hydroxyl groups excluding tert-OH is 1. The van der Waals surface area contributed by atoms with Gasteiger partial charge in [-0.25, -0.2) is 9.13 Å². The van der Waals surface area contributed by atoms with E-state index in [1.165, 1.54) is 38.5 Å². The molecule has 19 heteroatoms. The summed E-state index contributed by atoms with van der Waals surface area (Å²) in [5.41, 5.74) is 0. The first-order valence-corrected chi connectivity index (χ1v) is 45.3. The number of phosphoric acid groups is 2. The fourth-order valence-electron chi connectivity index (χ4n) is 10.4. The average Bonchev–Trinajstić information content (AvgIpc) is 0.898. The van der Waals surface area contributed by atoms with E-state index in [9.17, 15) is 43.2 Å². The van der Waals surface area contributed by atoms with E-state index in [1.54, 1.807) is 12.2 Å². The van der Waals surface area contributed by atoms with Crippen LogP contribution in [0.3, 0.4) is 0 Å². The third-order valence-electron chi connectivity index (χ3n) is 16.8. The molecule has 0 aromatic heterocycles. The number of hydrogen-bond acceptors (Lipinski definition) is 15. The Morgan fingerprint density at radius 2 is 0.518 bits per heavy atom. The van der Waals surface area contributed by atoms with Crippen LogP contribution in [-0.2, 0) is 65.4 Å². The van der Waals surface area contributed by atoms with Crippen LogP contribution in [0.1, 0.15) is 297 Å². The molecule has 632 valence electrons. The van der Waals surface area contributed by atoms with Crippen molar-refractivity contribution >= 4 is 39.5 Å². The van der Waals surface area contributed by atoms with Crippen LogP contribution in [0.25, 0.3) is 0 Å². The van der Waals surface area contributed by atoms with Crippen molar-refractivity contribution in [2.45, 2.75) is 316 Å². The van der Waals surface area contributed by atoms with Gasteiger partial charge in [0.2, 0.25) is 0 Å². The predicted octanol–water partition coefficient (Wildman–Crippen LogP) is 25.4. The maximum atomic E-state index is 13.1. The van der Waals surface area contributed by atoms with Crippen molar-refractivity contribution in [2.75, 3.05) is 39.6 Å². The van der Waals surface area contributed by atoms with E-state index in [1.807, 2.05) is 30.4 Å². The standard InChI is InChI=1S/C93H148O17P2/c1-5-9-13-17-21-25-29-33-37-40-43-46-50-53-57-61-65-69-73-77-90(95)103-83-88(109-92(97)79-75-71-67-63-59-55-49-36-32-28-24-20-16-12-8-4)85-107-111(99,100)105-81-87(94)82-106-112(101,102)108-86-89(110-93(98)80-76-72-68-64-60-56-52-48-45-42-39-35-31-27-23-19-15-11-7-3)84-104-91(96)78-74-70-66-62-58-54-51-47-44-41-38-34-30-26-22-18-14-10-6-2/h9,12-13,16,21-28,33-39,43-49,53,57,59,63,65,69,71,75,87-89,94H,5-8,10-11,14-15,17-20,29-32,40-42,50-52,54-56,58,60-62,64,66-68,70,72-74,76-86H2,1-4H3,(H,99,100)(H,101,102)/b13-9-,16-12-,25-21-,26-22-,27-23-,28-24-,37-33-,38-34-,39-35-,46-43-,47-44-,48-45-,49-36-,57-53-,63-59-,69-65-,75-71-. The molecule has 0 aromatic carbocycles. The molecular weight excluding hydrogens is 1450 g/mol. The molecule has 0 fully saturated rings. The fraction of sp³-hybridized carbons (Fsp3) is 0.591. The minimum atomic E-state index is -5.03. The number of ether oxygens (including phenoxy) is 4. The van der Waals surface area contributed by atoms with Gasteiger partial charge in [-0.3, -0.25) is 37.3 Å². The highest BCUT2D eigenvalue weighted by atomic mass is 31.2. The van der Waals surface area contributed by atoms with Crippen molar-refractivity contribution in [1.29, 1.82) is 0 Å². The van der Waals surface area contributed by atoms with Crippen LogP contribution in [-0.4, -0.2) is 96.7 Å². The van der Waals surface area contributed by atoms with Gasteiger partial charge in [0.05, 0.1) is 32.8 Å². The van der Waals surface area contributed by atoms with Crippen LogP contribution in [0.5, 0.6) is 0 Å². The molecule has 0 saturated heterocycles. The van der Waals surface area contributed by atoms with Crippen LogP contribution in [0.15, 0.2) is 207 Å². The molecule has 0 aliphatic carbocycles. The number of hydrogen-bond donors (Lipinski definition) is 3. The molecule has 3 N–H and O–H groups in total. The van der Waals surface area contributed by atoms with Gasteiger partial charge in [-0.15, -0.1) is 0 Å². The van der Waals surface area contributed by atoms with Crippen molar-refractivity contribution in [3.63, 3.8) is 0 Å². The molecule has 0 saturated carbocycles. The smallest absolute Gasteiger partial charge is 0.462 e. The minimum Gasteiger partial charge on any atom is -0.462 e. The first kappa shape index (κ1) is 106. The molecule has 0 rings (SSSR count). The lowest BCUT2D eigenvalue weighted by atomic mass is 10.1. The van der Waals surface area contributed by atoms with Gasteiger partial charge >= 0.3 is 39.5 Å². The Hall–Kier alpha value is -6.36. The summed E-state index contributed by atoms with van der Waals surface area (Å²) in [7, 11) is -10.0. The SMILES string of the molecule is CC/C=C\C/C=C\C/C=C\C/C=C\C/C=C\C/C=C\CCC(=O)OCC(COP(=O)(O)OCC(O)COP(=O)(O)OCC(COC(=O)CCCCCCCC/C=C\C/C=C\C/C=C\CCCCC)OC(=O)CCCCCCCC/C=C\C/C=C\C/C=C\CCCCC)OC(=O)C/C=C\C/C=C\C/C=C\C/C=C\C/C=C\CC. The van der Waals surface area contributed by atoms with Crippen LogP contribution in [0.2, 0.25) is 0 Å². The van der Waals surface area contributed by atoms with Crippen molar-refractivity contribution in [3.8, 4) is 0 Å². The third-order valence-corrected chi connectivity index (χ3v) is 18.7. The fourth-order valence-corrected chi connectivity index (χ4v) is 12.0. The molecule has 0 radical (unpaired) electrons. The van der Waals surface area contributed by atoms with E-state index in [-0.39, 0.29) is 25.7 Å². The zero-order chi connectivity index (χ0) is 81.7. The van der Waals surface area contributed by atoms with Gasteiger partial charge in [0.25, 0.3) is 0 Å². The van der Waals surface area contributed by atoms with E-state index in [2.05, 4.69) is 192 Å². The number of unbranched alkanes of at least 4 members (excludes halogenated alkanes) is 18. The van der Waals surface area contributed by atoms with Gasteiger partial charge in [-0.05, 0) is 167 Å². The van der Waals surface area contributed by atoms with Crippen LogP contribution >= 0.6 is 15.6 Å². The number of rotatable bonds is 77. The Bertz CT molecular complexity index is 2940. The highest BCUT2D eigenvalue weighted by Gasteiger charge is 2.30. The Morgan fingerprint density at radius 1 is 0.268 bits per heavy atom. The summed E-state index contributed by atoms with van der Waals surface area (Å²) in [6.07, 6.45) is 104. The van der Waals surface area contributed by atoms with Crippen molar-refractivity contribution < 1.29 is 80.2 Å². The normalized spacial score (nSPS) is 14.8. The molecule has 0 heterocycles. The lowest BCUT2D eigenvalue weighted by molar-refractivity contribution is -0.161. The zero-order valence-corrected chi connectivity index (χ0v) is 71.0. The van der Waals surface area contributed by atoms with Crippen LogP contribution in [0.4, 0.5) is 0 Å². The highest BCUT2D eigenvalue weighted by Crippen LogP contribution is 2.45. The molecule has 0 amide bonds. The monoisotopic (exact) mass is 1600 g/mol. The van der Waals surface area contributed by atoms with Crippen LogP contribution < -0.4 is 0 Å². The Labute approximate surface area is 678 Å². The van der Waals surface area contributed by atoms with E-state index in [0.717, 1.165) is 173 Å². The number of carbonyl (C=O) groups is 4. The molecule has 5 atom stereocenters. The molecule has 112 heavy (non-hydrogen) atoms. The molecule has 5 unspecified atom stereocenters. The second kappa shape index (κ2) is 82.6. The number of phosphoric ester groups is 2. The lowest BCUT2D eigenvalue weighted by Crippen LogP contribution is -2.30. The number of carbonyl (C=O) groups excluding carboxylic acids is 4. The summed E-state index contributed by atoms with van der Waals surface area (Å²) >= 11 is 0. The Morgan fingerprint density at radius 3 is 0.848 bits per heavy atom. The topological polar surface area (TPSA) is 237 Å². The summed E-state index contributed by atoms with van der Waals surface area (Å²) in [5.74, 6) is -2.47. The van der Waals surface area contributed by atoms with Crippen molar-refractivity contribution in [1.82, 2.24) is 0 Å². The summed E-state index contributed by atoms with van der Waals surface area (Å²) in [6.45, 7) is 4.35. The second-order valence-electron chi connectivity index (χ2n) is 27.3. The van der Waals surface area contributed by atoms with Gasteiger partial charge in [0.15, 0.2) is 12.2 Å². The number of esters is 4. The van der Waals surface area contributed by atoms with Gasteiger partial charge < -0.3 is 33.8 Å². The molecule has 0 aliphatic rings. The van der Waals surface area contributed by atoms with Gasteiger partial charge in [-0.1, -0.05) is 311 Å². The summed E-state index contributed by atoms with van der Waals surface area (Å²) < 4.78 is 68.5. The largest absolute Gasteiger partial charge is 0.472 e. The molecule has 0 spiro atoms. The molecular formula is C93H148O17P2. The van der Waals surface area contributed by atoms with E-state index in [0.29, 0.717) is 32.1 Å². The average molecular weight is 1600 g/mol. The summed E-state index contributed by atoms with van der Waals surface area (Å²) in [6, 6.07) is 0. The second-order valence-corrected chi connectivity index (χ2v) is 30.2. The first-order chi connectivity index (χ1) is 54.7. The Kier molecular flexibility index (Phi) is 77.9. The predicted molar refractivity (Wildman–Crippen MR) is 463 cm³/mol. The van der Waals surface area contributed by atoms with Gasteiger partial charge in [0, 0.05) is 19.3 Å². The Balaban J connectivity index is 5.55. The van der Waals surface area contributed by atoms with Crippen molar-refractivity contribution in [3.05, 3.63) is 207 Å². The molecule has 0 aliphatic heterocycles. The van der Waals surface area contributed by atoms with Crippen molar-refractivity contribution in [2.24, 2.45) is 0 Å². The van der Waals surface area contributed by atoms with Gasteiger partial charge in [0.1, 0.15) is 19.3 Å². The molecule has 17 nitrogen and oxygen atoms in total. The quantitative estimate of drug-likeness (QED) is 0.0169. The first-order valence-electron chi connectivity index (χ1n) is 42.3. The lowest BCUT2D eigenvalue weighted by Gasteiger charge is -2.21. The zero-order valence-electron chi connectivity index (χ0n) is 69.3. The van der Waals surface area contributed by atoms with E-state index >= 15 is 0 Å². The summed E-state index contributed by atoms with van der Waals surface area (Å²) in [4.78, 5) is 73.2. The number of aliphatic hydroxyl groups is 1. The van der Waals surface area contributed by atoms with Gasteiger partial charge in [-0.2, -0.15) is 0 Å². The minimum absolute atomic E-state index is 0.00786. The third kappa shape index (κ3) is 81.6. The highest BCUT2D eigenvalue weighted by molar-refractivity contribution is 7.47. The van der Waals surface area contributed by atoms with E-state index < -0.39 is 97.5 Å². The van der Waals surface area contributed by atoms with E-state index in [4.69, 9.17) is 37.0 Å². The molecule has 0 aromatic rings.